The van der Waals surface area contributed by atoms with Gasteiger partial charge in [0.05, 0.1) is 17.0 Å². The van der Waals surface area contributed by atoms with E-state index in [1.807, 2.05) is 12.1 Å². The molecule has 3 rings (SSSR count). The van der Waals surface area contributed by atoms with Gasteiger partial charge in [0.25, 0.3) is 0 Å². The van der Waals surface area contributed by atoms with Crippen LogP contribution in [0.1, 0.15) is 37.7 Å². The topological polar surface area (TPSA) is 46.5 Å². The second kappa shape index (κ2) is 4.71. The van der Waals surface area contributed by atoms with E-state index in [4.69, 9.17) is 16.3 Å². The highest BCUT2D eigenvalue weighted by Gasteiger charge is 2.46. The van der Waals surface area contributed by atoms with Crippen molar-refractivity contribution in [2.75, 3.05) is 6.61 Å². The Kier molecular flexibility index (Phi) is 3.17. The van der Waals surface area contributed by atoms with Gasteiger partial charge in [-0.3, -0.25) is 4.79 Å². The quantitative estimate of drug-likeness (QED) is 0.896. The second-order valence-electron chi connectivity index (χ2n) is 5.64. The number of benzene rings is 1. The summed E-state index contributed by atoms with van der Waals surface area (Å²) in [5.41, 5.74) is 0.101. The highest BCUT2D eigenvalue weighted by atomic mass is 35.5. The fourth-order valence-electron chi connectivity index (χ4n) is 2.56. The average Bonchev–Trinajstić information content (AvgIpc) is 3.11. The maximum atomic E-state index is 11.5. The van der Waals surface area contributed by atoms with Crippen molar-refractivity contribution < 1.29 is 14.6 Å². The minimum absolute atomic E-state index is 0.560. The predicted octanol–water partition coefficient (Wildman–Crippen LogP) is 3.64. The maximum Gasteiger partial charge on any atom is 0.314 e. The van der Waals surface area contributed by atoms with Crippen molar-refractivity contribution in [3.8, 4) is 5.75 Å². The first-order valence-electron chi connectivity index (χ1n) is 6.78. The lowest BCUT2D eigenvalue weighted by molar-refractivity contribution is -0.147. The van der Waals surface area contributed by atoms with E-state index in [1.165, 1.54) is 12.8 Å². The first-order valence-corrected chi connectivity index (χ1v) is 7.16. The molecule has 0 atom stereocenters. The molecule has 102 valence electrons. The molecule has 0 saturated heterocycles. The smallest absolute Gasteiger partial charge is 0.314 e. The molecule has 2 saturated carbocycles. The van der Waals surface area contributed by atoms with Gasteiger partial charge >= 0.3 is 5.97 Å². The molecule has 1 aromatic rings. The van der Waals surface area contributed by atoms with Gasteiger partial charge in [-0.25, -0.2) is 0 Å². The number of ether oxygens (including phenoxy) is 1. The summed E-state index contributed by atoms with van der Waals surface area (Å²) < 4.78 is 5.72. The van der Waals surface area contributed by atoms with Crippen LogP contribution in [-0.4, -0.2) is 17.7 Å². The van der Waals surface area contributed by atoms with Crippen LogP contribution < -0.4 is 4.74 Å². The third kappa shape index (κ3) is 2.32. The maximum absolute atomic E-state index is 11.5. The van der Waals surface area contributed by atoms with Gasteiger partial charge in [0.1, 0.15) is 5.75 Å². The monoisotopic (exact) mass is 280 g/mol. The van der Waals surface area contributed by atoms with Gasteiger partial charge in [0.2, 0.25) is 0 Å². The standard InChI is InChI=1S/C15H17ClO3/c16-12-5-4-11(15(14(17)18)6-1-7-15)8-13(12)19-9-10-2-3-10/h4-5,8,10H,1-3,6-7,9H2,(H,17,18). The fourth-order valence-corrected chi connectivity index (χ4v) is 2.73. The molecule has 0 aromatic heterocycles. The molecule has 2 aliphatic carbocycles. The number of carbonyl (C=O) groups is 1. The highest BCUT2D eigenvalue weighted by molar-refractivity contribution is 6.32. The minimum atomic E-state index is -0.741. The normalized spacial score (nSPS) is 20.7. The lowest BCUT2D eigenvalue weighted by Gasteiger charge is -2.38. The molecule has 4 heteroatoms. The van der Waals surface area contributed by atoms with Gasteiger partial charge in [-0.1, -0.05) is 24.1 Å². The predicted molar refractivity (Wildman–Crippen MR) is 72.8 cm³/mol. The molecule has 2 aliphatic rings. The summed E-state index contributed by atoms with van der Waals surface area (Å²) in [6.07, 6.45) is 4.80. The Bertz CT molecular complexity index is 504. The number of hydrogen-bond acceptors (Lipinski definition) is 2. The van der Waals surface area contributed by atoms with E-state index in [0.29, 0.717) is 36.1 Å². The van der Waals surface area contributed by atoms with Crippen LogP contribution in [-0.2, 0) is 10.2 Å². The molecule has 2 fully saturated rings. The number of rotatable bonds is 5. The molecule has 1 aromatic carbocycles. The Morgan fingerprint density at radius 3 is 2.68 bits per heavy atom. The molecule has 19 heavy (non-hydrogen) atoms. The van der Waals surface area contributed by atoms with Crippen molar-refractivity contribution in [1.29, 1.82) is 0 Å². The molecule has 0 radical (unpaired) electrons. The van der Waals surface area contributed by atoms with E-state index in [9.17, 15) is 9.90 Å². The van der Waals surface area contributed by atoms with Crippen LogP contribution in [0.25, 0.3) is 0 Å². The minimum Gasteiger partial charge on any atom is -0.492 e. The van der Waals surface area contributed by atoms with Crippen LogP contribution in [0, 0.1) is 5.92 Å². The second-order valence-corrected chi connectivity index (χ2v) is 6.05. The van der Waals surface area contributed by atoms with Crippen molar-refractivity contribution in [3.05, 3.63) is 28.8 Å². The van der Waals surface area contributed by atoms with E-state index in [2.05, 4.69) is 0 Å². The van der Waals surface area contributed by atoms with Crippen LogP contribution >= 0.6 is 11.6 Å². The summed E-state index contributed by atoms with van der Waals surface area (Å²) in [5, 5.41) is 10.0. The summed E-state index contributed by atoms with van der Waals surface area (Å²) in [7, 11) is 0. The van der Waals surface area contributed by atoms with Gasteiger partial charge in [-0.15, -0.1) is 0 Å². The Morgan fingerprint density at radius 1 is 1.42 bits per heavy atom. The number of carboxylic acids is 1. The van der Waals surface area contributed by atoms with Crippen LogP contribution in [0.4, 0.5) is 0 Å². The molecule has 0 amide bonds. The van der Waals surface area contributed by atoms with Gasteiger partial charge in [-0.2, -0.15) is 0 Å². The molecule has 0 aliphatic heterocycles. The number of hydrogen-bond donors (Lipinski definition) is 1. The molecule has 0 spiro atoms. The first kappa shape index (κ1) is 12.8. The summed E-state index contributed by atoms with van der Waals surface area (Å²) >= 11 is 6.12. The van der Waals surface area contributed by atoms with Gasteiger partial charge in [0, 0.05) is 0 Å². The van der Waals surface area contributed by atoms with Crippen molar-refractivity contribution in [2.24, 2.45) is 5.92 Å². The summed E-state index contributed by atoms with van der Waals surface area (Å²) in [6.45, 7) is 0.684. The molecule has 0 bridgehead atoms. The number of carboxylic acid groups (broad SMARTS) is 1. The third-order valence-electron chi connectivity index (χ3n) is 4.27. The zero-order chi connectivity index (χ0) is 13.5. The average molecular weight is 281 g/mol. The Balaban J connectivity index is 1.85. The van der Waals surface area contributed by atoms with E-state index in [0.717, 1.165) is 12.0 Å². The zero-order valence-electron chi connectivity index (χ0n) is 10.7. The lowest BCUT2D eigenvalue weighted by Crippen LogP contribution is -2.42. The van der Waals surface area contributed by atoms with Crippen molar-refractivity contribution >= 4 is 17.6 Å². The van der Waals surface area contributed by atoms with Gasteiger partial charge in [-0.05, 0) is 49.3 Å². The van der Waals surface area contributed by atoms with E-state index < -0.39 is 11.4 Å². The molecule has 0 unspecified atom stereocenters. The molecular formula is C15H17ClO3. The number of halogens is 1. The van der Waals surface area contributed by atoms with Gasteiger partial charge in [0.15, 0.2) is 0 Å². The molecular weight excluding hydrogens is 264 g/mol. The Hall–Kier alpha value is -1.22. The van der Waals surface area contributed by atoms with Crippen molar-refractivity contribution in [2.45, 2.75) is 37.5 Å². The van der Waals surface area contributed by atoms with Crippen molar-refractivity contribution in [3.63, 3.8) is 0 Å². The highest BCUT2D eigenvalue weighted by Crippen LogP contribution is 2.45. The Labute approximate surface area is 117 Å². The molecule has 1 N–H and O–H groups in total. The van der Waals surface area contributed by atoms with E-state index >= 15 is 0 Å². The van der Waals surface area contributed by atoms with Crippen LogP contribution in [0.3, 0.4) is 0 Å². The van der Waals surface area contributed by atoms with Crippen LogP contribution in [0.5, 0.6) is 5.75 Å². The third-order valence-corrected chi connectivity index (χ3v) is 4.58. The fraction of sp³-hybridized carbons (Fsp3) is 0.533. The molecule has 3 nitrogen and oxygen atoms in total. The zero-order valence-corrected chi connectivity index (χ0v) is 11.4. The summed E-state index contributed by atoms with van der Waals surface area (Å²) in [5.74, 6) is 0.532. The summed E-state index contributed by atoms with van der Waals surface area (Å²) in [4.78, 5) is 11.5. The van der Waals surface area contributed by atoms with Crippen LogP contribution in [0.15, 0.2) is 18.2 Å². The molecule has 0 heterocycles. The number of aliphatic carboxylic acids is 1. The van der Waals surface area contributed by atoms with Gasteiger partial charge < -0.3 is 9.84 Å². The van der Waals surface area contributed by atoms with E-state index in [-0.39, 0.29) is 0 Å². The SMILES string of the molecule is O=C(O)C1(c2ccc(Cl)c(OCC3CC3)c2)CCC1. The largest absolute Gasteiger partial charge is 0.492 e. The van der Waals surface area contributed by atoms with Crippen molar-refractivity contribution in [1.82, 2.24) is 0 Å². The first-order chi connectivity index (χ1) is 9.12. The summed E-state index contributed by atoms with van der Waals surface area (Å²) in [6, 6.07) is 5.39. The van der Waals surface area contributed by atoms with Crippen LogP contribution in [0.2, 0.25) is 5.02 Å². The Morgan fingerprint density at radius 2 is 2.16 bits per heavy atom. The van der Waals surface area contributed by atoms with E-state index in [1.54, 1.807) is 6.07 Å². The lowest BCUT2D eigenvalue weighted by atomic mass is 9.64.